The average molecular weight is 1400 g/mol. The Hall–Kier alpha value is -4.78. The van der Waals surface area contributed by atoms with Crippen LogP contribution in [0.5, 0.6) is 0 Å². The fourth-order valence-electron chi connectivity index (χ4n) is 8.92. The fraction of sp³-hybridized carbons (Fsp3) is 0.375. The van der Waals surface area contributed by atoms with Gasteiger partial charge >= 0.3 is 0 Å². The van der Waals surface area contributed by atoms with Crippen molar-refractivity contribution in [1.29, 1.82) is 0 Å². The van der Waals surface area contributed by atoms with E-state index >= 15 is 0 Å². The van der Waals surface area contributed by atoms with Crippen molar-refractivity contribution >= 4 is 96.8 Å². The number of rotatable bonds is 16. The molecular formula is C64H72N2O5Pt2S2-2. The Balaban J connectivity index is 0.000000245. The quantitative estimate of drug-likeness (QED) is 0.0563. The van der Waals surface area contributed by atoms with Crippen LogP contribution >= 0.6 is 22.7 Å². The average Bonchev–Trinajstić information content (AvgIpc) is 4.13. The largest absolute Gasteiger partial charge is 0.512 e. The van der Waals surface area contributed by atoms with Crippen LogP contribution in [0.15, 0.2) is 125 Å². The van der Waals surface area contributed by atoms with Crippen LogP contribution in [0.3, 0.4) is 0 Å². The van der Waals surface area contributed by atoms with E-state index in [0.29, 0.717) is 0 Å². The summed E-state index contributed by atoms with van der Waals surface area (Å²) in [5.41, 5.74) is 6.23. The minimum Gasteiger partial charge on any atom is -0.512 e. The molecule has 7 nitrogen and oxygen atoms in total. The molecule has 0 bridgehead atoms. The molecule has 0 aliphatic carbocycles. The molecule has 4 aromatic carbocycles. The summed E-state index contributed by atoms with van der Waals surface area (Å²) >= 11 is 3.55. The third kappa shape index (κ3) is 12.3. The Labute approximate surface area is 480 Å². The van der Waals surface area contributed by atoms with E-state index in [9.17, 15) is 19.8 Å². The molecule has 0 saturated heterocycles. The van der Waals surface area contributed by atoms with Gasteiger partial charge in [0.1, 0.15) is 22.6 Å². The summed E-state index contributed by atoms with van der Waals surface area (Å²) < 4.78 is 10.8. The maximum atomic E-state index is 12.2. The van der Waals surface area contributed by atoms with E-state index in [0.717, 1.165) is 106 Å². The first-order chi connectivity index (χ1) is 34.9. The molecule has 9 rings (SSSR count). The van der Waals surface area contributed by atoms with Crippen molar-refractivity contribution < 1.29 is 66.3 Å². The number of allylic oxidation sites excluding steroid dienone is 4. The summed E-state index contributed by atoms with van der Waals surface area (Å²) in [5.74, 6) is 0.572. The minimum atomic E-state index is -0.337. The van der Waals surface area contributed by atoms with Gasteiger partial charge in [-0.1, -0.05) is 135 Å². The Kier molecular flexibility index (Phi) is 20.8. The molecule has 0 radical (unpaired) electrons. The minimum absolute atomic E-state index is 0. The first-order valence-electron chi connectivity index (χ1n) is 26.2. The van der Waals surface area contributed by atoms with E-state index in [1.807, 2.05) is 126 Å². The van der Waals surface area contributed by atoms with E-state index in [-0.39, 0.29) is 86.9 Å². The predicted molar refractivity (Wildman–Crippen MR) is 310 cm³/mol. The normalized spacial score (nSPS) is 12.6. The number of furan rings is 1. The van der Waals surface area contributed by atoms with E-state index in [2.05, 4.69) is 66.7 Å². The van der Waals surface area contributed by atoms with Crippen molar-refractivity contribution in [3.63, 3.8) is 0 Å². The topological polar surface area (TPSA) is 114 Å². The predicted octanol–water partition coefficient (Wildman–Crippen LogP) is 19.3. The number of aromatic nitrogens is 2. The van der Waals surface area contributed by atoms with Gasteiger partial charge in [-0.05, 0) is 93.1 Å². The number of aliphatic hydroxyl groups is 2. The summed E-state index contributed by atoms with van der Waals surface area (Å²) in [4.78, 5) is 34.6. The van der Waals surface area contributed by atoms with Crippen molar-refractivity contribution in [3.8, 4) is 22.5 Å². The third-order valence-corrected chi connectivity index (χ3v) is 18.9. The molecule has 75 heavy (non-hydrogen) atoms. The number of fused-ring (bicyclic) bond motifs is 9. The summed E-state index contributed by atoms with van der Waals surface area (Å²) in [6.07, 6.45) is 9.51. The molecule has 2 N–H and O–H groups in total. The van der Waals surface area contributed by atoms with Crippen LogP contribution in [0.4, 0.5) is 0 Å². The Morgan fingerprint density at radius 1 is 0.493 bits per heavy atom. The van der Waals surface area contributed by atoms with Gasteiger partial charge in [0.15, 0.2) is 17.1 Å². The summed E-state index contributed by atoms with van der Waals surface area (Å²) in [6, 6.07) is 40.2. The van der Waals surface area contributed by atoms with E-state index in [1.165, 1.54) is 42.4 Å². The van der Waals surface area contributed by atoms with E-state index < -0.39 is 0 Å². The standard InChI is InChI=1S/C34H16N2OS2.2C15H28O2.2Pt/c1-3-13-27-23(7-1)31-28(37-27)17-15-25(35-31)21-11-5-9-19-20-10-6-12-22(34(20)39-33(19)21)26-16-18-30-32(36-26)24-8-2-4-14-29(24)38-30;2*1-7-14(5,8-2)12(16)11-13(17)15(6,9-3)10-4;;/h1-10,13-18H;2*11,16H,7-10H2,1-6H3;;/q-2;;;;/b;2*12-11-;;. The van der Waals surface area contributed by atoms with E-state index in [1.54, 1.807) is 22.7 Å². The van der Waals surface area contributed by atoms with Crippen LogP contribution in [-0.2, 0) is 51.7 Å². The van der Waals surface area contributed by atoms with Crippen LogP contribution in [-0.4, -0.2) is 31.7 Å². The van der Waals surface area contributed by atoms with Crippen molar-refractivity contribution in [2.45, 2.75) is 134 Å². The summed E-state index contributed by atoms with van der Waals surface area (Å²) in [6.45, 7) is 24.2. The van der Waals surface area contributed by atoms with Crippen LogP contribution < -0.4 is 0 Å². The second-order valence-corrected chi connectivity index (χ2v) is 22.5. The third-order valence-electron chi connectivity index (χ3n) is 16.6. The number of ketones is 2. The van der Waals surface area contributed by atoms with Crippen molar-refractivity contribution in [3.05, 3.63) is 133 Å². The number of aliphatic hydroxyl groups excluding tert-OH is 2. The van der Waals surface area contributed by atoms with Gasteiger partial charge in [0.2, 0.25) is 0 Å². The van der Waals surface area contributed by atoms with Gasteiger partial charge in [-0.2, -0.15) is 0 Å². The number of nitrogens with zero attached hydrogens (tertiary/aromatic N) is 2. The maximum Gasteiger partial charge on any atom is 0.164 e. The molecule has 0 aliphatic rings. The molecule has 0 saturated carbocycles. The van der Waals surface area contributed by atoms with Crippen molar-refractivity contribution in [1.82, 2.24) is 9.97 Å². The molecule has 402 valence electrons. The smallest absolute Gasteiger partial charge is 0.164 e. The number of para-hydroxylation sites is 1. The monoisotopic (exact) mass is 1400 g/mol. The molecule has 5 heterocycles. The summed E-state index contributed by atoms with van der Waals surface area (Å²) in [7, 11) is 0. The SMILES string of the molecule is CCC(C)(CC)C(=O)/C=C(\O)C(C)(CC)CC.CCC(C)(CC)C(=O)/C=C(\O)C(C)(CC)CC.[Pt].[Pt].[c-]1ccc2c(sc3c(-c4ccc5sc6ccccc6c5n4)[c-]ccc32)c1-c1ccc2oc3ccccc3c2n1. The van der Waals surface area contributed by atoms with Crippen LogP contribution in [0.25, 0.3) is 85.1 Å². The van der Waals surface area contributed by atoms with Crippen LogP contribution in [0.1, 0.15) is 134 Å². The second kappa shape index (κ2) is 25.6. The number of benzene rings is 4. The van der Waals surface area contributed by atoms with Gasteiger partial charge in [0.05, 0.1) is 10.2 Å². The Morgan fingerprint density at radius 3 is 1.40 bits per heavy atom. The van der Waals surface area contributed by atoms with Gasteiger partial charge in [-0.25, -0.2) is 11.3 Å². The van der Waals surface area contributed by atoms with Crippen molar-refractivity contribution in [2.24, 2.45) is 21.7 Å². The van der Waals surface area contributed by atoms with Gasteiger partial charge in [0, 0.05) is 91.4 Å². The van der Waals surface area contributed by atoms with Gasteiger partial charge in [0.25, 0.3) is 0 Å². The van der Waals surface area contributed by atoms with Gasteiger partial charge < -0.3 is 14.6 Å². The maximum absolute atomic E-state index is 12.2. The molecule has 0 spiro atoms. The number of carbonyl (C=O) groups excluding carboxylic acids is 2. The molecule has 11 heteroatoms. The molecule has 5 aromatic heterocycles. The Morgan fingerprint density at radius 2 is 0.920 bits per heavy atom. The molecule has 0 atom stereocenters. The number of thiophene rings is 2. The zero-order valence-electron chi connectivity index (χ0n) is 45.5. The number of carbonyl (C=O) groups is 2. The molecular weight excluding hydrogens is 1330 g/mol. The van der Waals surface area contributed by atoms with Crippen LogP contribution in [0.2, 0.25) is 0 Å². The molecule has 0 unspecified atom stereocenters. The molecule has 0 fully saturated rings. The fourth-order valence-corrected chi connectivity index (χ4v) is 11.3. The number of hydrogen-bond acceptors (Lipinski definition) is 9. The Bertz CT molecular complexity index is 3270. The summed E-state index contributed by atoms with van der Waals surface area (Å²) in [5, 5.41) is 24.9. The first kappa shape index (κ1) is 61.1. The molecule has 0 amide bonds. The second-order valence-electron chi connectivity index (χ2n) is 20.4. The number of hydrogen-bond donors (Lipinski definition) is 2. The van der Waals surface area contributed by atoms with Crippen LogP contribution in [0, 0.1) is 33.8 Å². The van der Waals surface area contributed by atoms with Gasteiger partial charge in [-0.3, -0.25) is 19.6 Å². The van der Waals surface area contributed by atoms with E-state index in [4.69, 9.17) is 14.4 Å². The van der Waals surface area contributed by atoms with Crippen molar-refractivity contribution in [2.75, 3.05) is 0 Å². The number of pyridine rings is 2. The van der Waals surface area contributed by atoms with Gasteiger partial charge in [-0.15, -0.1) is 69.6 Å². The molecule has 9 aromatic rings. The first-order valence-corrected chi connectivity index (χ1v) is 27.8. The molecule has 0 aliphatic heterocycles. The zero-order chi connectivity index (χ0) is 52.9. The zero-order valence-corrected chi connectivity index (χ0v) is 51.7.